The van der Waals surface area contributed by atoms with Gasteiger partial charge < -0.3 is 15.7 Å². The van der Waals surface area contributed by atoms with Crippen LogP contribution in [0.15, 0.2) is 36.5 Å². The molecule has 24 heavy (non-hydrogen) atoms. The van der Waals surface area contributed by atoms with Crippen molar-refractivity contribution in [2.45, 2.75) is 13.0 Å². The summed E-state index contributed by atoms with van der Waals surface area (Å²) in [6.45, 7) is 2.05. The molecule has 0 saturated carbocycles. The molecule has 7 heteroatoms. The van der Waals surface area contributed by atoms with Crippen molar-refractivity contribution in [1.82, 2.24) is 15.3 Å². The number of nitrogens with one attached hydrogen (secondary N) is 2. The molecule has 1 unspecified atom stereocenters. The third-order valence-electron chi connectivity index (χ3n) is 2.94. The standard InChI is InChI=1S/C17H15N5O2/c1-12(21-17(23)24)10-20-16-11-19-15(9-18)14(22-16)8-7-13-5-3-2-4-6-13/h2-6,11-12,21H,10H2,1H3,(H,20,22)(H,23,24). The third-order valence-corrected chi connectivity index (χ3v) is 2.94. The van der Waals surface area contributed by atoms with Crippen LogP contribution in [0.25, 0.3) is 0 Å². The Bertz CT molecular complexity index is 818. The molecule has 1 aromatic heterocycles. The summed E-state index contributed by atoms with van der Waals surface area (Å²) in [5, 5.41) is 23.0. The number of nitrogens with zero attached hydrogens (tertiary/aromatic N) is 3. The van der Waals surface area contributed by atoms with E-state index >= 15 is 0 Å². The minimum Gasteiger partial charge on any atom is -0.465 e. The van der Waals surface area contributed by atoms with Crippen molar-refractivity contribution >= 4 is 11.9 Å². The van der Waals surface area contributed by atoms with Gasteiger partial charge in [-0.1, -0.05) is 24.1 Å². The lowest BCUT2D eigenvalue weighted by Gasteiger charge is -2.12. The van der Waals surface area contributed by atoms with E-state index in [2.05, 4.69) is 32.4 Å². The fraction of sp³-hybridized carbons (Fsp3) is 0.176. The number of aromatic nitrogens is 2. The molecule has 1 heterocycles. The summed E-state index contributed by atoms with van der Waals surface area (Å²) in [6.07, 6.45) is 0.323. The topological polar surface area (TPSA) is 111 Å². The minimum atomic E-state index is -1.09. The first-order valence-corrected chi connectivity index (χ1v) is 7.16. The summed E-state index contributed by atoms with van der Waals surface area (Å²) in [6, 6.07) is 11.0. The second-order valence-corrected chi connectivity index (χ2v) is 4.91. The van der Waals surface area contributed by atoms with E-state index in [1.54, 1.807) is 6.92 Å². The van der Waals surface area contributed by atoms with Crippen molar-refractivity contribution in [3.63, 3.8) is 0 Å². The Kier molecular flexibility index (Phi) is 5.71. The van der Waals surface area contributed by atoms with Crippen LogP contribution in [0, 0.1) is 23.2 Å². The van der Waals surface area contributed by atoms with Crippen LogP contribution in [-0.4, -0.2) is 33.8 Å². The Morgan fingerprint density at radius 1 is 1.29 bits per heavy atom. The molecular weight excluding hydrogens is 306 g/mol. The van der Waals surface area contributed by atoms with Crippen LogP contribution in [-0.2, 0) is 0 Å². The molecule has 2 aromatic rings. The summed E-state index contributed by atoms with van der Waals surface area (Å²) in [5.74, 6) is 6.20. The quantitative estimate of drug-likeness (QED) is 0.741. The van der Waals surface area contributed by atoms with Gasteiger partial charge in [0.15, 0.2) is 11.4 Å². The van der Waals surface area contributed by atoms with Crippen molar-refractivity contribution in [2.75, 3.05) is 11.9 Å². The van der Waals surface area contributed by atoms with Crippen LogP contribution in [0.1, 0.15) is 23.9 Å². The monoisotopic (exact) mass is 321 g/mol. The number of rotatable bonds is 4. The molecule has 1 atom stereocenters. The first-order valence-electron chi connectivity index (χ1n) is 7.16. The normalized spacial score (nSPS) is 10.7. The summed E-state index contributed by atoms with van der Waals surface area (Å²) < 4.78 is 0. The zero-order valence-corrected chi connectivity index (χ0v) is 12.9. The summed E-state index contributed by atoms with van der Waals surface area (Å²) in [5.41, 5.74) is 1.21. The molecule has 0 radical (unpaired) electrons. The molecule has 0 bridgehead atoms. The van der Waals surface area contributed by atoms with E-state index in [9.17, 15) is 4.79 Å². The van der Waals surface area contributed by atoms with Gasteiger partial charge in [-0.3, -0.25) is 0 Å². The number of amides is 1. The van der Waals surface area contributed by atoms with E-state index in [0.717, 1.165) is 5.56 Å². The lowest BCUT2D eigenvalue weighted by molar-refractivity contribution is 0.191. The average Bonchev–Trinajstić information content (AvgIpc) is 2.58. The van der Waals surface area contributed by atoms with Crippen LogP contribution < -0.4 is 10.6 Å². The highest BCUT2D eigenvalue weighted by atomic mass is 16.4. The highest BCUT2D eigenvalue weighted by Gasteiger charge is 2.08. The van der Waals surface area contributed by atoms with Crippen LogP contribution >= 0.6 is 0 Å². The van der Waals surface area contributed by atoms with Gasteiger partial charge in [-0.25, -0.2) is 14.8 Å². The molecule has 7 nitrogen and oxygen atoms in total. The highest BCUT2D eigenvalue weighted by molar-refractivity contribution is 5.64. The second-order valence-electron chi connectivity index (χ2n) is 4.91. The maximum atomic E-state index is 10.6. The number of anilines is 1. The molecule has 0 aliphatic carbocycles. The SMILES string of the molecule is CC(CNc1cnc(C#N)c(C#Cc2ccccc2)n1)NC(=O)O. The fourth-order valence-electron chi connectivity index (χ4n) is 1.82. The van der Waals surface area contributed by atoms with Gasteiger partial charge in [0.25, 0.3) is 0 Å². The molecule has 2 rings (SSSR count). The second kappa shape index (κ2) is 8.16. The van der Waals surface area contributed by atoms with Gasteiger partial charge in [0.1, 0.15) is 11.9 Å². The van der Waals surface area contributed by atoms with E-state index in [0.29, 0.717) is 12.4 Å². The van der Waals surface area contributed by atoms with Gasteiger partial charge in [0.05, 0.1) is 6.20 Å². The smallest absolute Gasteiger partial charge is 0.404 e. The van der Waals surface area contributed by atoms with E-state index < -0.39 is 6.09 Å². The van der Waals surface area contributed by atoms with E-state index in [1.807, 2.05) is 36.4 Å². The Hall–Kier alpha value is -3.58. The molecule has 3 N–H and O–H groups in total. The van der Waals surface area contributed by atoms with E-state index in [4.69, 9.17) is 10.4 Å². The Morgan fingerprint density at radius 2 is 2.04 bits per heavy atom. The Balaban J connectivity index is 2.15. The molecule has 0 saturated heterocycles. The number of hydrogen-bond donors (Lipinski definition) is 3. The van der Waals surface area contributed by atoms with E-state index in [1.165, 1.54) is 6.20 Å². The predicted octanol–water partition coefficient (Wildman–Crippen LogP) is 1.82. The van der Waals surface area contributed by atoms with Crippen LogP contribution in [0.3, 0.4) is 0 Å². The zero-order chi connectivity index (χ0) is 17.4. The maximum absolute atomic E-state index is 10.6. The molecule has 0 aliphatic rings. The van der Waals surface area contributed by atoms with Gasteiger partial charge in [-0.15, -0.1) is 0 Å². The van der Waals surface area contributed by atoms with Gasteiger partial charge >= 0.3 is 6.09 Å². The van der Waals surface area contributed by atoms with Crippen molar-refractivity contribution in [3.05, 3.63) is 53.5 Å². The molecule has 1 amide bonds. The van der Waals surface area contributed by atoms with Gasteiger partial charge in [-0.05, 0) is 25.0 Å². The molecule has 120 valence electrons. The summed E-state index contributed by atoms with van der Waals surface area (Å²) >= 11 is 0. The highest BCUT2D eigenvalue weighted by Crippen LogP contribution is 2.07. The van der Waals surface area contributed by atoms with Gasteiger partial charge in [0, 0.05) is 18.2 Å². The number of hydrogen-bond acceptors (Lipinski definition) is 5. The van der Waals surface area contributed by atoms with E-state index in [-0.39, 0.29) is 17.4 Å². The number of benzene rings is 1. The molecule has 1 aromatic carbocycles. The Morgan fingerprint density at radius 3 is 2.71 bits per heavy atom. The first-order chi connectivity index (χ1) is 11.6. The third kappa shape index (κ3) is 5.00. The number of carbonyl (C=O) groups is 1. The lowest BCUT2D eigenvalue weighted by Crippen LogP contribution is -2.36. The van der Waals surface area contributed by atoms with Crippen LogP contribution in [0.5, 0.6) is 0 Å². The van der Waals surface area contributed by atoms with Crippen LogP contribution in [0.4, 0.5) is 10.6 Å². The molecule has 0 spiro atoms. The van der Waals surface area contributed by atoms with Crippen molar-refractivity contribution < 1.29 is 9.90 Å². The lowest BCUT2D eigenvalue weighted by atomic mass is 10.2. The molecule has 0 fully saturated rings. The number of nitriles is 1. The maximum Gasteiger partial charge on any atom is 0.404 e. The van der Waals surface area contributed by atoms with Crippen molar-refractivity contribution in [3.8, 4) is 17.9 Å². The Labute approximate surface area is 139 Å². The predicted molar refractivity (Wildman–Crippen MR) is 88.3 cm³/mol. The average molecular weight is 321 g/mol. The summed E-state index contributed by atoms with van der Waals surface area (Å²) in [7, 11) is 0. The molecule has 0 aliphatic heterocycles. The fourth-order valence-corrected chi connectivity index (χ4v) is 1.82. The van der Waals surface area contributed by atoms with Crippen LogP contribution in [0.2, 0.25) is 0 Å². The van der Waals surface area contributed by atoms with Crippen molar-refractivity contribution in [1.29, 1.82) is 5.26 Å². The number of carboxylic acid groups (broad SMARTS) is 1. The van der Waals surface area contributed by atoms with Gasteiger partial charge in [-0.2, -0.15) is 5.26 Å². The van der Waals surface area contributed by atoms with Gasteiger partial charge in [0.2, 0.25) is 0 Å². The largest absolute Gasteiger partial charge is 0.465 e. The zero-order valence-electron chi connectivity index (χ0n) is 12.9. The molecular formula is C17H15N5O2. The minimum absolute atomic E-state index is 0.140. The summed E-state index contributed by atoms with van der Waals surface area (Å²) in [4.78, 5) is 18.8. The van der Waals surface area contributed by atoms with Crippen molar-refractivity contribution in [2.24, 2.45) is 0 Å². The first kappa shape index (κ1) is 16.8.